The monoisotopic (exact) mass is 275 g/mol. The van der Waals surface area contributed by atoms with Gasteiger partial charge in [0.1, 0.15) is 0 Å². The molecule has 0 aliphatic carbocycles. The average molecular weight is 275 g/mol. The van der Waals surface area contributed by atoms with Crippen molar-refractivity contribution in [3.05, 3.63) is 35.9 Å². The van der Waals surface area contributed by atoms with Crippen molar-refractivity contribution in [1.29, 1.82) is 0 Å². The van der Waals surface area contributed by atoms with Crippen LogP contribution in [0.1, 0.15) is 57.0 Å². The standard InChI is InChI=1S/C15H25N5/c1-5-12(3)20-8-7-14(18-20)11-19-10-13(9-17-19)15(6-2)16-4/h7-10,12,15-16H,5-6,11H2,1-4H3. The summed E-state index contributed by atoms with van der Waals surface area (Å²) in [5.41, 5.74) is 2.29. The van der Waals surface area contributed by atoms with E-state index in [0.29, 0.717) is 12.1 Å². The van der Waals surface area contributed by atoms with E-state index in [4.69, 9.17) is 0 Å². The number of nitrogens with zero attached hydrogens (tertiary/aromatic N) is 4. The highest BCUT2D eigenvalue weighted by Gasteiger charge is 2.10. The van der Waals surface area contributed by atoms with Crippen LogP contribution in [0.2, 0.25) is 0 Å². The molecule has 0 saturated heterocycles. The van der Waals surface area contributed by atoms with E-state index < -0.39 is 0 Å². The summed E-state index contributed by atoms with van der Waals surface area (Å²) < 4.78 is 3.99. The summed E-state index contributed by atoms with van der Waals surface area (Å²) in [4.78, 5) is 0. The van der Waals surface area contributed by atoms with E-state index in [1.807, 2.05) is 22.6 Å². The van der Waals surface area contributed by atoms with Gasteiger partial charge >= 0.3 is 0 Å². The van der Waals surface area contributed by atoms with Crippen LogP contribution < -0.4 is 5.32 Å². The van der Waals surface area contributed by atoms with Crippen LogP contribution in [-0.2, 0) is 6.54 Å². The van der Waals surface area contributed by atoms with Gasteiger partial charge in [-0.3, -0.25) is 9.36 Å². The first-order valence-electron chi connectivity index (χ1n) is 7.41. The minimum atomic E-state index is 0.376. The lowest BCUT2D eigenvalue weighted by molar-refractivity contribution is 0.471. The lowest BCUT2D eigenvalue weighted by atomic mass is 10.1. The van der Waals surface area contributed by atoms with E-state index in [1.165, 1.54) is 5.56 Å². The number of nitrogens with one attached hydrogen (secondary N) is 1. The molecule has 2 unspecified atom stereocenters. The highest BCUT2D eigenvalue weighted by Crippen LogP contribution is 2.15. The molecule has 110 valence electrons. The molecular weight excluding hydrogens is 250 g/mol. The number of aromatic nitrogens is 4. The second kappa shape index (κ2) is 6.70. The molecule has 0 bridgehead atoms. The maximum Gasteiger partial charge on any atom is 0.0849 e. The van der Waals surface area contributed by atoms with E-state index in [0.717, 1.165) is 25.1 Å². The fourth-order valence-corrected chi connectivity index (χ4v) is 2.31. The van der Waals surface area contributed by atoms with Crippen LogP contribution >= 0.6 is 0 Å². The Bertz CT molecular complexity index is 524. The van der Waals surface area contributed by atoms with Crippen molar-refractivity contribution >= 4 is 0 Å². The van der Waals surface area contributed by atoms with E-state index in [2.05, 4.69) is 54.7 Å². The van der Waals surface area contributed by atoms with Crippen molar-refractivity contribution in [2.24, 2.45) is 0 Å². The van der Waals surface area contributed by atoms with Crippen molar-refractivity contribution < 1.29 is 0 Å². The molecule has 0 fully saturated rings. The van der Waals surface area contributed by atoms with Gasteiger partial charge in [-0.25, -0.2) is 0 Å². The molecule has 0 aliphatic heterocycles. The van der Waals surface area contributed by atoms with Crippen LogP contribution in [0.4, 0.5) is 0 Å². The topological polar surface area (TPSA) is 47.7 Å². The summed E-state index contributed by atoms with van der Waals surface area (Å²) in [5.74, 6) is 0. The molecule has 20 heavy (non-hydrogen) atoms. The molecule has 5 nitrogen and oxygen atoms in total. The van der Waals surface area contributed by atoms with E-state index >= 15 is 0 Å². The zero-order chi connectivity index (χ0) is 14.5. The number of hydrogen-bond donors (Lipinski definition) is 1. The quantitative estimate of drug-likeness (QED) is 0.845. The molecule has 0 amide bonds. The molecule has 2 atom stereocenters. The zero-order valence-corrected chi connectivity index (χ0v) is 12.9. The van der Waals surface area contributed by atoms with Crippen LogP contribution in [0.25, 0.3) is 0 Å². The molecule has 2 rings (SSSR count). The zero-order valence-electron chi connectivity index (χ0n) is 12.9. The number of rotatable bonds is 7. The van der Waals surface area contributed by atoms with Gasteiger partial charge in [0.2, 0.25) is 0 Å². The molecule has 2 aromatic heterocycles. The molecular formula is C15H25N5. The largest absolute Gasteiger partial charge is 0.313 e. The molecule has 0 aromatic carbocycles. The molecule has 1 N–H and O–H groups in total. The van der Waals surface area contributed by atoms with Crippen LogP contribution in [0.5, 0.6) is 0 Å². The molecule has 0 spiro atoms. The minimum Gasteiger partial charge on any atom is -0.313 e. The summed E-state index contributed by atoms with van der Waals surface area (Å²) in [7, 11) is 1.99. The predicted molar refractivity (Wildman–Crippen MR) is 80.6 cm³/mol. The summed E-state index contributed by atoms with van der Waals surface area (Å²) in [5, 5.41) is 12.3. The van der Waals surface area contributed by atoms with Crippen molar-refractivity contribution in [1.82, 2.24) is 24.9 Å². The summed E-state index contributed by atoms with van der Waals surface area (Å²) >= 11 is 0. The number of hydrogen-bond acceptors (Lipinski definition) is 3. The fourth-order valence-electron chi connectivity index (χ4n) is 2.31. The molecule has 0 radical (unpaired) electrons. The summed E-state index contributed by atoms with van der Waals surface area (Å²) in [6.45, 7) is 7.26. The van der Waals surface area contributed by atoms with Gasteiger partial charge in [0, 0.05) is 30.0 Å². The maximum absolute atomic E-state index is 4.61. The Labute approximate surface area is 121 Å². The second-order valence-corrected chi connectivity index (χ2v) is 5.27. The van der Waals surface area contributed by atoms with Gasteiger partial charge < -0.3 is 5.32 Å². The van der Waals surface area contributed by atoms with Crippen LogP contribution in [0, 0.1) is 0 Å². The van der Waals surface area contributed by atoms with E-state index in [1.54, 1.807) is 0 Å². The summed E-state index contributed by atoms with van der Waals surface area (Å²) in [6.07, 6.45) is 8.25. The highest BCUT2D eigenvalue weighted by molar-refractivity contribution is 5.11. The van der Waals surface area contributed by atoms with Gasteiger partial charge in [-0.1, -0.05) is 13.8 Å². The van der Waals surface area contributed by atoms with Gasteiger partial charge in [0.15, 0.2) is 0 Å². The van der Waals surface area contributed by atoms with Crippen LogP contribution in [-0.4, -0.2) is 26.6 Å². The lowest BCUT2D eigenvalue weighted by Crippen LogP contribution is -2.14. The molecule has 2 aromatic rings. The third-order valence-electron chi connectivity index (χ3n) is 3.84. The fraction of sp³-hybridized carbons (Fsp3) is 0.600. The SMILES string of the molecule is CCC(NC)c1cnn(Cc2ccn(C(C)CC)n2)c1. The molecule has 5 heteroatoms. The van der Waals surface area contributed by atoms with Gasteiger partial charge in [-0.2, -0.15) is 10.2 Å². The molecule has 2 heterocycles. The average Bonchev–Trinajstić information content (AvgIpc) is 3.10. The van der Waals surface area contributed by atoms with Gasteiger partial charge in [-0.05, 0) is 32.9 Å². The van der Waals surface area contributed by atoms with E-state index in [-0.39, 0.29) is 0 Å². The first kappa shape index (κ1) is 14.8. The Morgan fingerprint density at radius 2 is 2.10 bits per heavy atom. The van der Waals surface area contributed by atoms with Crippen molar-refractivity contribution in [2.45, 2.75) is 52.2 Å². The Morgan fingerprint density at radius 3 is 2.75 bits per heavy atom. The Hall–Kier alpha value is -1.62. The van der Waals surface area contributed by atoms with Gasteiger partial charge in [-0.15, -0.1) is 0 Å². The second-order valence-electron chi connectivity index (χ2n) is 5.27. The predicted octanol–water partition coefficient (Wildman–Crippen LogP) is 2.77. The highest BCUT2D eigenvalue weighted by atomic mass is 15.3. The van der Waals surface area contributed by atoms with Crippen molar-refractivity contribution in [2.75, 3.05) is 7.05 Å². The smallest absolute Gasteiger partial charge is 0.0849 e. The first-order valence-corrected chi connectivity index (χ1v) is 7.41. The third kappa shape index (κ3) is 3.28. The normalized spacial score (nSPS) is 14.4. The van der Waals surface area contributed by atoms with Crippen molar-refractivity contribution in [3.63, 3.8) is 0 Å². The lowest BCUT2D eigenvalue weighted by Gasteiger charge is -2.10. The van der Waals surface area contributed by atoms with Gasteiger partial charge in [0.05, 0.1) is 18.4 Å². The van der Waals surface area contributed by atoms with Crippen LogP contribution in [0.15, 0.2) is 24.7 Å². The van der Waals surface area contributed by atoms with Crippen molar-refractivity contribution in [3.8, 4) is 0 Å². The molecule has 0 aliphatic rings. The summed E-state index contributed by atoms with van der Waals surface area (Å²) in [6, 6.07) is 2.90. The third-order valence-corrected chi connectivity index (χ3v) is 3.84. The first-order chi connectivity index (χ1) is 9.67. The Balaban J connectivity index is 2.05. The maximum atomic E-state index is 4.61. The van der Waals surface area contributed by atoms with Gasteiger partial charge in [0.25, 0.3) is 0 Å². The minimum absolute atomic E-state index is 0.376. The Kier molecular flexibility index (Phi) is 4.95. The Morgan fingerprint density at radius 1 is 1.30 bits per heavy atom. The molecule has 0 saturated carbocycles. The van der Waals surface area contributed by atoms with Crippen LogP contribution in [0.3, 0.4) is 0 Å². The van der Waals surface area contributed by atoms with E-state index in [9.17, 15) is 0 Å².